The van der Waals surface area contributed by atoms with Gasteiger partial charge in [0.1, 0.15) is 6.61 Å². The van der Waals surface area contributed by atoms with Crippen LogP contribution in [0.3, 0.4) is 0 Å². The van der Waals surface area contributed by atoms with Crippen molar-refractivity contribution in [1.82, 2.24) is 14.2 Å². The fraction of sp³-hybridized carbons (Fsp3) is 0.478. The standard InChI is InChI=1S/C23H27Cl2N3O5S/c24-20-6-5-19(13-21(20)25)34(31,32)28-10-2-4-18(28)15-33-16-22(29)27-11-7-23(30,8-12-27)17-3-1-9-26-14-17/h1,3,5-6,9,13-14,18,30H,2,4,7-8,10-12,15-16H2. The molecule has 0 bridgehead atoms. The Morgan fingerprint density at radius 1 is 1.18 bits per heavy atom. The monoisotopic (exact) mass is 527 g/mol. The van der Waals surface area contributed by atoms with Crippen molar-refractivity contribution >= 4 is 39.1 Å². The first-order valence-electron chi connectivity index (χ1n) is 11.2. The molecule has 1 aromatic heterocycles. The molecule has 1 amide bonds. The van der Waals surface area contributed by atoms with Crippen LogP contribution in [0.5, 0.6) is 0 Å². The molecule has 2 aliphatic rings. The molecule has 184 valence electrons. The fourth-order valence-electron chi connectivity index (χ4n) is 4.49. The topological polar surface area (TPSA) is 100 Å². The second-order valence-electron chi connectivity index (χ2n) is 8.66. The van der Waals surface area contributed by atoms with Gasteiger partial charge in [0, 0.05) is 43.6 Å². The number of carbonyl (C=O) groups excluding carboxylic acids is 1. The zero-order chi connectivity index (χ0) is 24.3. The molecule has 2 saturated heterocycles. The van der Waals surface area contributed by atoms with Crippen LogP contribution in [-0.2, 0) is 25.2 Å². The number of likely N-dealkylation sites (tertiary alicyclic amines) is 1. The summed E-state index contributed by atoms with van der Waals surface area (Å²) < 4.78 is 33.3. The highest BCUT2D eigenvalue weighted by atomic mass is 35.5. The van der Waals surface area contributed by atoms with Crippen LogP contribution >= 0.6 is 23.2 Å². The van der Waals surface area contributed by atoms with E-state index in [0.717, 1.165) is 5.56 Å². The molecule has 0 aliphatic carbocycles. The summed E-state index contributed by atoms with van der Waals surface area (Å²) in [5, 5.41) is 11.4. The number of hydrogen-bond acceptors (Lipinski definition) is 6. The Bertz CT molecular complexity index is 1120. The minimum absolute atomic E-state index is 0.0827. The maximum absolute atomic E-state index is 13.1. The number of aliphatic hydroxyl groups is 1. The molecule has 0 saturated carbocycles. The third-order valence-electron chi connectivity index (χ3n) is 6.50. The van der Waals surface area contributed by atoms with Crippen LogP contribution < -0.4 is 0 Å². The molecule has 2 fully saturated rings. The number of hydrogen-bond donors (Lipinski definition) is 1. The van der Waals surface area contributed by atoms with E-state index in [2.05, 4.69) is 4.98 Å². The lowest BCUT2D eigenvalue weighted by molar-refractivity contribution is -0.141. The van der Waals surface area contributed by atoms with E-state index in [1.807, 2.05) is 6.07 Å². The molecule has 8 nitrogen and oxygen atoms in total. The summed E-state index contributed by atoms with van der Waals surface area (Å²) in [5.41, 5.74) is -0.238. The molecular formula is C23H27Cl2N3O5S. The van der Waals surface area contributed by atoms with Crippen molar-refractivity contribution in [1.29, 1.82) is 0 Å². The predicted molar refractivity (Wildman–Crippen MR) is 128 cm³/mol. The summed E-state index contributed by atoms with van der Waals surface area (Å²) >= 11 is 11.9. The number of benzene rings is 1. The largest absolute Gasteiger partial charge is 0.385 e. The molecular weight excluding hydrogens is 501 g/mol. The van der Waals surface area contributed by atoms with Gasteiger partial charge >= 0.3 is 0 Å². The third-order valence-corrected chi connectivity index (χ3v) is 9.19. The Hall–Kier alpha value is -1.75. The van der Waals surface area contributed by atoms with E-state index in [0.29, 0.717) is 45.3 Å². The van der Waals surface area contributed by atoms with Crippen LogP contribution in [0.4, 0.5) is 0 Å². The molecule has 3 heterocycles. The Morgan fingerprint density at radius 2 is 1.94 bits per heavy atom. The number of halogens is 2. The molecule has 1 unspecified atom stereocenters. The number of ether oxygens (including phenoxy) is 1. The van der Waals surface area contributed by atoms with Gasteiger partial charge in [-0.3, -0.25) is 9.78 Å². The van der Waals surface area contributed by atoms with Gasteiger partial charge in [0.25, 0.3) is 0 Å². The molecule has 4 rings (SSSR count). The minimum atomic E-state index is -3.76. The normalized spacial score (nSPS) is 21.0. The first-order chi connectivity index (χ1) is 16.2. The minimum Gasteiger partial charge on any atom is -0.385 e. The van der Waals surface area contributed by atoms with Crippen molar-refractivity contribution in [2.75, 3.05) is 32.8 Å². The van der Waals surface area contributed by atoms with E-state index >= 15 is 0 Å². The zero-order valence-electron chi connectivity index (χ0n) is 18.6. The van der Waals surface area contributed by atoms with Gasteiger partial charge in [-0.05, 0) is 49.9 Å². The lowest BCUT2D eigenvalue weighted by atomic mass is 9.85. The summed E-state index contributed by atoms with van der Waals surface area (Å²) in [6.07, 6.45) is 5.51. The van der Waals surface area contributed by atoms with Gasteiger partial charge in [0.2, 0.25) is 15.9 Å². The van der Waals surface area contributed by atoms with Gasteiger partial charge in [-0.2, -0.15) is 4.31 Å². The maximum Gasteiger partial charge on any atom is 0.248 e. The average molecular weight is 528 g/mol. The number of amides is 1. The van der Waals surface area contributed by atoms with Crippen LogP contribution in [0, 0.1) is 0 Å². The highest BCUT2D eigenvalue weighted by Gasteiger charge is 2.37. The highest BCUT2D eigenvalue weighted by molar-refractivity contribution is 7.89. The van der Waals surface area contributed by atoms with Gasteiger partial charge in [0.15, 0.2) is 0 Å². The number of sulfonamides is 1. The highest BCUT2D eigenvalue weighted by Crippen LogP contribution is 2.33. The van der Waals surface area contributed by atoms with Gasteiger partial charge in [-0.15, -0.1) is 0 Å². The molecule has 2 aromatic rings. The SMILES string of the molecule is O=C(COCC1CCCN1S(=O)(=O)c1ccc(Cl)c(Cl)c1)N1CCC(O)(c2cccnc2)CC1. The fourth-order valence-corrected chi connectivity index (χ4v) is 6.56. The van der Waals surface area contributed by atoms with Crippen molar-refractivity contribution in [3.63, 3.8) is 0 Å². The van der Waals surface area contributed by atoms with Crippen molar-refractivity contribution in [2.45, 2.75) is 42.2 Å². The summed E-state index contributed by atoms with van der Waals surface area (Å²) in [5.74, 6) is -0.176. The first kappa shape index (κ1) is 25.3. The van der Waals surface area contributed by atoms with Crippen LogP contribution in [0.25, 0.3) is 0 Å². The molecule has 34 heavy (non-hydrogen) atoms. The third kappa shape index (κ3) is 5.40. The Kier molecular flexibility index (Phi) is 7.81. The number of aromatic nitrogens is 1. The number of rotatable bonds is 7. The number of piperidine rings is 1. The summed E-state index contributed by atoms with van der Waals surface area (Å²) in [4.78, 5) is 18.5. The summed E-state index contributed by atoms with van der Waals surface area (Å²) in [6.45, 7) is 1.19. The van der Waals surface area contributed by atoms with Crippen LogP contribution in [0.15, 0.2) is 47.6 Å². The zero-order valence-corrected chi connectivity index (χ0v) is 20.9. The summed E-state index contributed by atoms with van der Waals surface area (Å²) in [7, 11) is -3.76. The van der Waals surface area contributed by atoms with Crippen LogP contribution in [0.2, 0.25) is 10.0 Å². The molecule has 0 spiro atoms. The van der Waals surface area contributed by atoms with E-state index in [1.54, 1.807) is 23.4 Å². The quantitative estimate of drug-likeness (QED) is 0.593. The van der Waals surface area contributed by atoms with Gasteiger partial charge < -0.3 is 14.7 Å². The Labute approximate surface area is 209 Å². The second-order valence-corrected chi connectivity index (χ2v) is 11.4. The maximum atomic E-state index is 13.1. The summed E-state index contributed by atoms with van der Waals surface area (Å²) in [6, 6.07) is 7.52. The molecule has 0 radical (unpaired) electrons. The lowest BCUT2D eigenvalue weighted by Crippen LogP contribution is -2.46. The molecule has 2 aliphatic heterocycles. The second kappa shape index (κ2) is 10.5. The van der Waals surface area contributed by atoms with Crippen molar-refractivity contribution in [2.24, 2.45) is 0 Å². The van der Waals surface area contributed by atoms with E-state index in [9.17, 15) is 18.3 Å². The lowest BCUT2D eigenvalue weighted by Gasteiger charge is -2.38. The number of carbonyl (C=O) groups is 1. The smallest absolute Gasteiger partial charge is 0.248 e. The van der Waals surface area contributed by atoms with E-state index in [-0.39, 0.29) is 40.1 Å². The average Bonchev–Trinajstić information content (AvgIpc) is 3.31. The number of nitrogens with zero attached hydrogens (tertiary/aromatic N) is 3. The van der Waals surface area contributed by atoms with Gasteiger partial charge in [0.05, 0.1) is 27.1 Å². The van der Waals surface area contributed by atoms with Crippen molar-refractivity contribution in [3.8, 4) is 0 Å². The van der Waals surface area contributed by atoms with E-state index in [1.165, 1.54) is 22.5 Å². The van der Waals surface area contributed by atoms with Crippen LogP contribution in [0.1, 0.15) is 31.2 Å². The van der Waals surface area contributed by atoms with E-state index < -0.39 is 15.6 Å². The van der Waals surface area contributed by atoms with Crippen LogP contribution in [-0.4, -0.2) is 72.5 Å². The first-order valence-corrected chi connectivity index (χ1v) is 13.4. The van der Waals surface area contributed by atoms with Crippen molar-refractivity contribution < 1.29 is 23.1 Å². The molecule has 11 heteroatoms. The van der Waals surface area contributed by atoms with Gasteiger partial charge in [-0.25, -0.2) is 8.42 Å². The van der Waals surface area contributed by atoms with Crippen molar-refractivity contribution in [3.05, 3.63) is 58.3 Å². The predicted octanol–water partition coefficient (Wildman–Crippen LogP) is 3.07. The number of pyridine rings is 1. The van der Waals surface area contributed by atoms with Gasteiger partial charge in [-0.1, -0.05) is 29.3 Å². The van der Waals surface area contributed by atoms with E-state index in [4.69, 9.17) is 27.9 Å². The Morgan fingerprint density at radius 3 is 2.62 bits per heavy atom. The molecule has 1 N–H and O–H groups in total. The Balaban J connectivity index is 1.29. The molecule has 1 aromatic carbocycles. The molecule has 1 atom stereocenters.